The van der Waals surface area contributed by atoms with Crippen molar-refractivity contribution in [2.24, 2.45) is 5.10 Å². The summed E-state index contributed by atoms with van der Waals surface area (Å²) in [5.41, 5.74) is 5.16. The molecule has 0 unspecified atom stereocenters. The summed E-state index contributed by atoms with van der Waals surface area (Å²) < 4.78 is 2.01. The second-order valence-corrected chi connectivity index (χ2v) is 5.86. The van der Waals surface area contributed by atoms with E-state index in [9.17, 15) is 4.79 Å². The number of carbonyl (C=O) groups is 1. The highest BCUT2D eigenvalue weighted by atomic mass is 16.2. The molecule has 4 nitrogen and oxygen atoms in total. The lowest BCUT2D eigenvalue weighted by atomic mass is 10.0. The topological polar surface area (TPSA) is 46.4 Å². The third-order valence-electron chi connectivity index (χ3n) is 4.21. The average molecular weight is 339 g/mol. The Labute approximate surface area is 151 Å². The summed E-state index contributed by atoms with van der Waals surface area (Å²) in [4.78, 5) is 12.5. The van der Waals surface area contributed by atoms with E-state index >= 15 is 0 Å². The van der Waals surface area contributed by atoms with Crippen LogP contribution in [0.25, 0.3) is 16.5 Å². The van der Waals surface area contributed by atoms with Crippen LogP contribution in [0.5, 0.6) is 0 Å². The Morgan fingerprint density at radius 1 is 0.846 bits per heavy atom. The van der Waals surface area contributed by atoms with Crippen LogP contribution in [0, 0.1) is 0 Å². The molecule has 0 bridgehead atoms. The molecule has 4 heteroatoms. The highest BCUT2D eigenvalue weighted by Gasteiger charge is 2.08. The minimum Gasteiger partial charge on any atom is -0.316 e. The van der Waals surface area contributed by atoms with Crippen LogP contribution in [0.4, 0.5) is 0 Å². The van der Waals surface area contributed by atoms with Crippen molar-refractivity contribution in [1.29, 1.82) is 0 Å². The molecule has 0 aliphatic heterocycles. The summed E-state index contributed by atoms with van der Waals surface area (Å²) in [6, 6.07) is 27.4. The number of nitrogens with one attached hydrogen (secondary N) is 1. The first-order chi connectivity index (χ1) is 12.8. The predicted molar refractivity (Wildman–Crippen MR) is 105 cm³/mol. The third kappa shape index (κ3) is 3.13. The number of fused-ring (bicyclic) bond motifs is 1. The maximum Gasteiger partial charge on any atom is 0.271 e. The number of hydrogen-bond acceptors (Lipinski definition) is 2. The van der Waals surface area contributed by atoms with Gasteiger partial charge >= 0.3 is 0 Å². The van der Waals surface area contributed by atoms with Crippen LogP contribution >= 0.6 is 0 Å². The van der Waals surface area contributed by atoms with Crippen LogP contribution in [0.2, 0.25) is 0 Å². The molecular weight excluding hydrogens is 322 g/mol. The van der Waals surface area contributed by atoms with Crippen molar-refractivity contribution in [3.63, 3.8) is 0 Å². The number of carbonyl (C=O) groups excluding carboxylic acids is 1. The Balaban J connectivity index is 1.55. The molecular formula is C22H17N3O. The lowest BCUT2D eigenvalue weighted by molar-refractivity contribution is 0.0957. The number of benzene rings is 3. The molecule has 0 saturated heterocycles. The SMILES string of the molecule is O=C(N/N=C\c1cccn1-c1ccccc1)c1cccc2ccccc12. The van der Waals surface area contributed by atoms with Crippen LogP contribution in [0.3, 0.4) is 0 Å². The highest BCUT2D eigenvalue weighted by molar-refractivity contribution is 6.07. The van der Waals surface area contributed by atoms with Gasteiger partial charge in [0.25, 0.3) is 5.91 Å². The quantitative estimate of drug-likeness (QED) is 0.435. The van der Waals surface area contributed by atoms with Gasteiger partial charge in [0.15, 0.2) is 0 Å². The highest BCUT2D eigenvalue weighted by Crippen LogP contribution is 2.18. The van der Waals surface area contributed by atoms with Crippen LogP contribution < -0.4 is 5.43 Å². The second kappa shape index (κ2) is 7.07. The first-order valence-electron chi connectivity index (χ1n) is 8.37. The van der Waals surface area contributed by atoms with Gasteiger partial charge in [-0.05, 0) is 41.1 Å². The summed E-state index contributed by atoms with van der Waals surface area (Å²) in [6.07, 6.45) is 3.61. The number of para-hydroxylation sites is 1. The standard InChI is InChI=1S/C22H17N3O/c26-22(21-14-6-9-17-8-4-5-13-20(17)21)24-23-16-19-12-7-15-25(19)18-10-2-1-3-11-18/h1-16H,(H,24,26)/b23-16-. The van der Waals surface area contributed by atoms with Crippen molar-refractivity contribution < 1.29 is 4.79 Å². The number of hydrazone groups is 1. The molecule has 1 amide bonds. The van der Waals surface area contributed by atoms with Gasteiger partial charge in [0.05, 0.1) is 11.9 Å². The Kier molecular flexibility index (Phi) is 4.31. The molecule has 0 spiro atoms. The Bertz CT molecular complexity index is 1080. The number of aromatic nitrogens is 1. The van der Waals surface area contributed by atoms with Gasteiger partial charge in [-0.15, -0.1) is 0 Å². The molecule has 0 atom stereocenters. The zero-order valence-electron chi connectivity index (χ0n) is 14.0. The van der Waals surface area contributed by atoms with Crippen molar-refractivity contribution in [2.45, 2.75) is 0 Å². The maximum atomic E-state index is 12.5. The van der Waals surface area contributed by atoms with E-state index in [0.717, 1.165) is 22.2 Å². The molecule has 1 N–H and O–H groups in total. The molecule has 0 radical (unpaired) electrons. The molecule has 0 fully saturated rings. The lowest BCUT2D eigenvalue weighted by Gasteiger charge is -2.06. The minimum absolute atomic E-state index is 0.226. The van der Waals surface area contributed by atoms with Gasteiger partial charge in [-0.1, -0.05) is 54.6 Å². The summed E-state index contributed by atoms with van der Waals surface area (Å²) in [5, 5.41) is 6.08. The fourth-order valence-corrected chi connectivity index (χ4v) is 2.96. The maximum absolute atomic E-state index is 12.5. The molecule has 0 aliphatic carbocycles. The largest absolute Gasteiger partial charge is 0.316 e. The fraction of sp³-hybridized carbons (Fsp3) is 0. The van der Waals surface area contributed by atoms with E-state index in [2.05, 4.69) is 10.5 Å². The molecule has 26 heavy (non-hydrogen) atoms. The van der Waals surface area contributed by atoms with Gasteiger partial charge in [0, 0.05) is 17.4 Å². The molecule has 0 aliphatic rings. The van der Waals surface area contributed by atoms with E-state index in [1.165, 1.54) is 0 Å². The van der Waals surface area contributed by atoms with E-state index in [4.69, 9.17) is 0 Å². The van der Waals surface area contributed by atoms with E-state index in [0.29, 0.717) is 5.56 Å². The van der Waals surface area contributed by atoms with E-state index in [-0.39, 0.29) is 5.91 Å². The Morgan fingerprint density at radius 2 is 1.62 bits per heavy atom. The van der Waals surface area contributed by atoms with Gasteiger partial charge in [-0.2, -0.15) is 5.10 Å². The van der Waals surface area contributed by atoms with Gasteiger partial charge in [-0.3, -0.25) is 4.79 Å². The Morgan fingerprint density at radius 3 is 2.50 bits per heavy atom. The predicted octanol–water partition coefficient (Wildman–Crippen LogP) is 4.39. The van der Waals surface area contributed by atoms with Gasteiger partial charge in [0.1, 0.15) is 0 Å². The van der Waals surface area contributed by atoms with Crippen molar-refractivity contribution in [2.75, 3.05) is 0 Å². The normalized spacial score (nSPS) is 11.1. The average Bonchev–Trinajstić information content (AvgIpc) is 3.16. The number of nitrogens with zero attached hydrogens (tertiary/aromatic N) is 2. The third-order valence-corrected chi connectivity index (χ3v) is 4.21. The van der Waals surface area contributed by atoms with Gasteiger partial charge in [0.2, 0.25) is 0 Å². The van der Waals surface area contributed by atoms with Crippen LogP contribution in [-0.2, 0) is 0 Å². The number of hydrogen-bond donors (Lipinski definition) is 1. The van der Waals surface area contributed by atoms with Crippen molar-refractivity contribution in [3.8, 4) is 5.69 Å². The monoisotopic (exact) mass is 339 g/mol. The zero-order valence-corrected chi connectivity index (χ0v) is 14.0. The van der Waals surface area contributed by atoms with E-state index in [1.807, 2.05) is 89.6 Å². The van der Waals surface area contributed by atoms with Gasteiger partial charge in [-0.25, -0.2) is 5.43 Å². The van der Waals surface area contributed by atoms with Crippen LogP contribution in [-0.4, -0.2) is 16.7 Å². The molecule has 4 aromatic rings. The second-order valence-electron chi connectivity index (χ2n) is 5.86. The summed E-state index contributed by atoms with van der Waals surface area (Å²) >= 11 is 0. The molecule has 126 valence electrons. The minimum atomic E-state index is -0.226. The Hall–Kier alpha value is -3.66. The fourth-order valence-electron chi connectivity index (χ4n) is 2.96. The molecule has 1 heterocycles. The smallest absolute Gasteiger partial charge is 0.271 e. The lowest BCUT2D eigenvalue weighted by Crippen LogP contribution is -2.18. The van der Waals surface area contributed by atoms with Gasteiger partial charge < -0.3 is 4.57 Å². The van der Waals surface area contributed by atoms with Crippen LogP contribution in [0.1, 0.15) is 16.1 Å². The first-order valence-corrected chi connectivity index (χ1v) is 8.37. The molecule has 0 saturated carbocycles. The van der Waals surface area contributed by atoms with Crippen LogP contribution in [0.15, 0.2) is 96.2 Å². The van der Waals surface area contributed by atoms with Crippen molar-refractivity contribution in [3.05, 3.63) is 102 Å². The molecule has 4 rings (SSSR count). The van der Waals surface area contributed by atoms with Crippen molar-refractivity contribution >= 4 is 22.9 Å². The summed E-state index contributed by atoms with van der Waals surface area (Å²) in [6.45, 7) is 0. The molecule has 1 aromatic heterocycles. The zero-order chi connectivity index (χ0) is 17.8. The summed E-state index contributed by atoms with van der Waals surface area (Å²) in [5.74, 6) is -0.226. The number of amides is 1. The van der Waals surface area contributed by atoms with E-state index < -0.39 is 0 Å². The van der Waals surface area contributed by atoms with Crippen molar-refractivity contribution in [1.82, 2.24) is 9.99 Å². The number of rotatable bonds is 4. The summed E-state index contributed by atoms with van der Waals surface area (Å²) in [7, 11) is 0. The van der Waals surface area contributed by atoms with E-state index in [1.54, 1.807) is 12.3 Å². The molecule has 3 aromatic carbocycles. The first kappa shape index (κ1) is 15.8.